The summed E-state index contributed by atoms with van der Waals surface area (Å²) in [4.78, 5) is 4.57. The number of aliphatic imine (C=N–C) groups is 1. The molecule has 0 aliphatic heterocycles. The van der Waals surface area contributed by atoms with Crippen molar-refractivity contribution in [2.45, 2.75) is 57.0 Å². The lowest BCUT2D eigenvalue weighted by Gasteiger charge is -2.32. The third-order valence-corrected chi connectivity index (χ3v) is 6.63. The molecule has 1 aliphatic carbocycles. The Morgan fingerprint density at radius 1 is 1.22 bits per heavy atom. The summed E-state index contributed by atoms with van der Waals surface area (Å²) in [5.41, 5.74) is 0.896. The minimum absolute atomic E-state index is 0. The Balaban J connectivity index is 0.00000364. The monoisotopic (exact) mass is 508 g/mol. The van der Waals surface area contributed by atoms with Gasteiger partial charge in [0, 0.05) is 19.6 Å². The predicted molar refractivity (Wildman–Crippen MR) is 122 cm³/mol. The standard InChI is InChI=1S/C19H32N4O2S.HI/c1-14(2)16-8-10-17(11-9-16)23-19(20-3)22-13-15-6-5-7-18(12-15)26(24,25)21-4;/h5-7,12,14,16-17,21H,8-11,13H2,1-4H3,(H2,20,22,23);1H. The molecule has 1 aromatic rings. The molecule has 0 unspecified atom stereocenters. The van der Waals surface area contributed by atoms with Crippen LogP contribution in [0.4, 0.5) is 0 Å². The van der Waals surface area contributed by atoms with Crippen LogP contribution in [0, 0.1) is 11.8 Å². The molecule has 0 atom stereocenters. The van der Waals surface area contributed by atoms with Crippen LogP contribution in [0.25, 0.3) is 0 Å². The van der Waals surface area contributed by atoms with Crippen LogP contribution in [0.3, 0.4) is 0 Å². The highest BCUT2D eigenvalue weighted by molar-refractivity contribution is 14.0. The molecule has 0 amide bonds. The fourth-order valence-corrected chi connectivity index (χ4v) is 4.24. The molecule has 0 saturated heterocycles. The van der Waals surface area contributed by atoms with Crippen molar-refractivity contribution in [2.24, 2.45) is 16.8 Å². The van der Waals surface area contributed by atoms with E-state index in [-0.39, 0.29) is 28.9 Å². The Hall–Kier alpha value is -0.870. The van der Waals surface area contributed by atoms with Crippen molar-refractivity contribution in [3.05, 3.63) is 29.8 Å². The van der Waals surface area contributed by atoms with Crippen molar-refractivity contribution in [1.82, 2.24) is 15.4 Å². The number of rotatable bonds is 6. The van der Waals surface area contributed by atoms with Crippen LogP contribution in [-0.2, 0) is 16.6 Å². The molecule has 1 fully saturated rings. The molecule has 1 saturated carbocycles. The second-order valence-electron chi connectivity index (χ2n) is 7.28. The van der Waals surface area contributed by atoms with E-state index in [1.165, 1.54) is 32.7 Å². The first-order valence-electron chi connectivity index (χ1n) is 9.35. The molecule has 0 bridgehead atoms. The van der Waals surface area contributed by atoms with Crippen molar-refractivity contribution in [3.63, 3.8) is 0 Å². The highest BCUT2D eigenvalue weighted by atomic mass is 127. The van der Waals surface area contributed by atoms with Gasteiger partial charge in [-0.15, -0.1) is 24.0 Å². The van der Waals surface area contributed by atoms with Gasteiger partial charge >= 0.3 is 0 Å². The first-order valence-corrected chi connectivity index (χ1v) is 10.8. The van der Waals surface area contributed by atoms with Crippen molar-refractivity contribution in [3.8, 4) is 0 Å². The van der Waals surface area contributed by atoms with Gasteiger partial charge < -0.3 is 10.6 Å². The van der Waals surface area contributed by atoms with Crippen LogP contribution in [0.1, 0.15) is 45.1 Å². The van der Waals surface area contributed by atoms with Crippen LogP contribution in [0.5, 0.6) is 0 Å². The minimum Gasteiger partial charge on any atom is -0.354 e. The SMILES string of the molecule is CN=C(NCc1cccc(S(=O)(=O)NC)c1)NC1CCC(C(C)C)CC1.I. The number of benzene rings is 1. The molecule has 1 aliphatic rings. The summed E-state index contributed by atoms with van der Waals surface area (Å²) in [5, 5.41) is 6.79. The fourth-order valence-electron chi connectivity index (χ4n) is 3.44. The maximum Gasteiger partial charge on any atom is 0.240 e. The summed E-state index contributed by atoms with van der Waals surface area (Å²) in [6, 6.07) is 7.38. The highest BCUT2D eigenvalue weighted by Crippen LogP contribution is 2.29. The zero-order valence-corrected chi connectivity index (χ0v) is 19.8. The van der Waals surface area contributed by atoms with E-state index >= 15 is 0 Å². The Labute approximate surface area is 181 Å². The Morgan fingerprint density at radius 3 is 2.44 bits per heavy atom. The van der Waals surface area contributed by atoms with E-state index in [1.807, 2.05) is 6.07 Å². The van der Waals surface area contributed by atoms with Crippen molar-refractivity contribution in [1.29, 1.82) is 0 Å². The molecule has 2 rings (SSSR count). The summed E-state index contributed by atoms with van der Waals surface area (Å²) in [6.07, 6.45) is 4.85. The molecule has 8 heteroatoms. The van der Waals surface area contributed by atoms with Gasteiger partial charge in [0.2, 0.25) is 10.0 Å². The lowest BCUT2D eigenvalue weighted by atomic mass is 9.80. The lowest BCUT2D eigenvalue weighted by Crippen LogP contribution is -2.44. The summed E-state index contributed by atoms with van der Waals surface area (Å²) < 4.78 is 26.2. The third-order valence-electron chi connectivity index (χ3n) is 5.22. The molecular formula is C19H33IN4O2S. The number of halogens is 1. The predicted octanol–water partition coefficient (Wildman–Crippen LogP) is 3.09. The number of hydrogen-bond acceptors (Lipinski definition) is 3. The first kappa shape index (κ1) is 24.2. The van der Waals surface area contributed by atoms with E-state index in [2.05, 4.69) is 34.2 Å². The molecule has 1 aromatic carbocycles. The molecule has 3 N–H and O–H groups in total. The Bertz CT molecular complexity index is 714. The van der Waals surface area contributed by atoms with E-state index < -0.39 is 10.0 Å². The molecule has 0 heterocycles. The average Bonchev–Trinajstić information content (AvgIpc) is 2.65. The lowest BCUT2D eigenvalue weighted by molar-refractivity contribution is 0.250. The van der Waals surface area contributed by atoms with Crippen LogP contribution in [-0.4, -0.2) is 34.5 Å². The number of guanidine groups is 1. The summed E-state index contributed by atoms with van der Waals surface area (Å²) >= 11 is 0. The second-order valence-corrected chi connectivity index (χ2v) is 9.17. The molecule has 6 nitrogen and oxygen atoms in total. The van der Waals surface area contributed by atoms with Crippen molar-refractivity contribution < 1.29 is 8.42 Å². The maximum absolute atomic E-state index is 11.9. The van der Waals surface area contributed by atoms with Crippen molar-refractivity contribution >= 4 is 40.0 Å². The van der Waals surface area contributed by atoms with Gasteiger partial charge in [-0.3, -0.25) is 4.99 Å². The highest BCUT2D eigenvalue weighted by Gasteiger charge is 2.23. The van der Waals surface area contributed by atoms with Crippen LogP contribution < -0.4 is 15.4 Å². The Morgan fingerprint density at radius 2 is 1.89 bits per heavy atom. The zero-order chi connectivity index (χ0) is 19.2. The normalized spacial score (nSPS) is 20.9. The van der Waals surface area contributed by atoms with Gasteiger partial charge in [-0.05, 0) is 62.3 Å². The average molecular weight is 508 g/mol. The van der Waals surface area contributed by atoms with Gasteiger partial charge in [-0.25, -0.2) is 13.1 Å². The van der Waals surface area contributed by atoms with Crippen molar-refractivity contribution in [2.75, 3.05) is 14.1 Å². The summed E-state index contributed by atoms with van der Waals surface area (Å²) in [7, 11) is -0.246. The summed E-state index contributed by atoms with van der Waals surface area (Å²) in [5.74, 6) is 2.36. The second kappa shape index (κ2) is 11.2. The first-order chi connectivity index (χ1) is 12.4. The van der Waals surface area contributed by atoms with Gasteiger partial charge in [0.25, 0.3) is 0 Å². The number of nitrogens with zero attached hydrogens (tertiary/aromatic N) is 1. The number of nitrogens with one attached hydrogen (secondary N) is 3. The smallest absolute Gasteiger partial charge is 0.240 e. The third kappa shape index (κ3) is 7.23. The molecular weight excluding hydrogens is 475 g/mol. The van der Waals surface area contributed by atoms with Gasteiger partial charge in [-0.2, -0.15) is 0 Å². The number of sulfonamides is 1. The van der Waals surface area contributed by atoms with Gasteiger partial charge in [0.15, 0.2) is 5.96 Å². The molecule has 154 valence electrons. The topological polar surface area (TPSA) is 82.6 Å². The van der Waals surface area contributed by atoms with Crippen LogP contribution in [0.2, 0.25) is 0 Å². The van der Waals surface area contributed by atoms with E-state index in [9.17, 15) is 8.42 Å². The largest absolute Gasteiger partial charge is 0.354 e. The van der Waals surface area contributed by atoms with E-state index in [4.69, 9.17) is 0 Å². The molecule has 0 radical (unpaired) electrons. The Kier molecular flexibility index (Phi) is 10.0. The van der Waals surface area contributed by atoms with Crippen LogP contribution >= 0.6 is 24.0 Å². The van der Waals surface area contributed by atoms with E-state index in [0.717, 1.165) is 23.4 Å². The van der Waals surface area contributed by atoms with Crippen LogP contribution in [0.15, 0.2) is 34.2 Å². The fraction of sp³-hybridized carbons (Fsp3) is 0.632. The minimum atomic E-state index is -3.42. The van der Waals surface area contributed by atoms with Gasteiger partial charge in [-0.1, -0.05) is 26.0 Å². The maximum atomic E-state index is 11.9. The molecule has 0 spiro atoms. The molecule has 0 aromatic heterocycles. The quantitative estimate of drug-likeness (QED) is 0.314. The van der Waals surface area contributed by atoms with E-state index in [1.54, 1.807) is 25.2 Å². The zero-order valence-electron chi connectivity index (χ0n) is 16.7. The van der Waals surface area contributed by atoms with E-state index in [0.29, 0.717) is 12.6 Å². The molecule has 27 heavy (non-hydrogen) atoms. The number of hydrogen-bond donors (Lipinski definition) is 3. The summed E-state index contributed by atoms with van der Waals surface area (Å²) in [6.45, 7) is 5.14. The van der Waals surface area contributed by atoms with Gasteiger partial charge in [0.05, 0.1) is 4.90 Å². The van der Waals surface area contributed by atoms with Gasteiger partial charge in [0.1, 0.15) is 0 Å².